The van der Waals surface area contributed by atoms with Gasteiger partial charge in [-0.2, -0.15) is 0 Å². The number of carboxylic acid groups (broad SMARTS) is 1. The van der Waals surface area contributed by atoms with Crippen molar-refractivity contribution in [2.24, 2.45) is 0 Å². The van der Waals surface area contributed by atoms with E-state index in [0.717, 1.165) is 24.1 Å². The van der Waals surface area contributed by atoms with Crippen molar-refractivity contribution in [1.82, 2.24) is 4.98 Å². The van der Waals surface area contributed by atoms with E-state index in [1.54, 1.807) is 0 Å². The van der Waals surface area contributed by atoms with Crippen LogP contribution < -0.4 is 5.56 Å². The fraction of sp³-hybridized carbons (Fsp3) is 0.455. The second-order valence-electron chi connectivity index (χ2n) is 4.59. The third-order valence-corrected chi connectivity index (χ3v) is 3.06. The molecule has 15 heavy (non-hydrogen) atoms. The molecule has 2 rings (SSSR count). The van der Waals surface area contributed by atoms with Gasteiger partial charge in [0.05, 0.1) is 5.56 Å². The summed E-state index contributed by atoms with van der Waals surface area (Å²) < 4.78 is 0. The number of carbonyl (C=O) groups is 1. The van der Waals surface area contributed by atoms with Crippen LogP contribution >= 0.6 is 0 Å². The molecule has 1 aliphatic rings. The third-order valence-electron chi connectivity index (χ3n) is 3.06. The summed E-state index contributed by atoms with van der Waals surface area (Å²) in [6, 6.07) is 1.17. The first-order valence-corrected chi connectivity index (χ1v) is 4.92. The van der Waals surface area contributed by atoms with Gasteiger partial charge in [-0.1, -0.05) is 13.8 Å². The molecule has 1 aliphatic carbocycles. The van der Waals surface area contributed by atoms with Crippen LogP contribution in [-0.4, -0.2) is 16.1 Å². The smallest absolute Gasteiger partial charge is 0.336 e. The fourth-order valence-corrected chi connectivity index (χ4v) is 2.18. The maximum absolute atomic E-state index is 11.3. The van der Waals surface area contributed by atoms with Gasteiger partial charge in [-0.3, -0.25) is 4.79 Å². The zero-order valence-corrected chi connectivity index (χ0v) is 8.76. The Morgan fingerprint density at radius 1 is 1.53 bits per heavy atom. The number of nitrogens with one attached hydrogen (secondary N) is 1. The molecule has 0 aromatic carbocycles. The van der Waals surface area contributed by atoms with Crippen molar-refractivity contribution in [2.75, 3.05) is 0 Å². The van der Waals surface area contributed by atoms with Crippen molar-refractivity contribution in [3.05, 3.63) is 33.2 Å². The molecular weight excluding hydrogens is 194 g/mol. The molecule has 0 saturated carbocycles. The summed E-state index contributed by atoms with van der Waals surface area (Å²) in [6.45, 7) is 4.03. The molecule has 80 valence electrons. The summed E-state index contributed by atoms with van der Waals surface area (Å²) in [5, 5.41) is 8.99. The monoisotopic (exact) mass is 207 g/mol. The van der Waals surface area contributed by atoms with E-state index < -0.39 is 5.97 Å². The molecule has 0 spiro atoms. The van der Waals surface area contributed by atoms with Gasteiger partial charge in [-0.25, -0.2) is 4.79 Å². The van der Waals surface area contributed by atoms with Gasteiger partial charge in [0.25, 0.3) is 0 Å². The van der Waals surface area contributed by atoms with Crippen LogP contribution in [0.2, 0.25) is 0 Å². The molecule has 0 fully saturated rings. The predicted octanol–water partition coefficient (Wildman–Crippen LogP) is 1.30. The van der Waals surface area contributed by atoms with Crippen LogP contribution in [0.1, 0.15) is 41.9 Å². The first kappa shape index (κ1) is 9.96. The van der Waals surface area contributed by atoms with Gasteiger partial charge in [0, 0.05) is 17.2 Å². The molecular formula is C11H13NO3. The lowest BCUT2D eigenvalue weighted by molar-refractivity contribution is 0.0695. The molecule has 0 saturated heterocycles. The van der Waals surface area contributed by atoms with E-state index in [0.29, 0.717) is 0 Å². The minimum absolute atomic E-state index is 0.125. The highest BCUT2D eigenvalue weighted by Crippen LogP contribution is 2.37. The summed E-state index contributed by atoms with van der Waals surface area (Å²) in [6.07, 6.45) is 1.60. The lowest BCUT2D eigenvalue weighted by Gasteiger charge is -2.18. The van der Waals surface area contributed by atoms with Gasteiger partial charge in [0.1, 0.15) is 0 Å². The number of aromatic carboxylic acids is 1. The number of carboxylic acids is 1. The highest BCUT2D eigenvalue weighted by atomic mass is 16.4. The SMILES string of the molecule is CC1(C)CCc2c(C(=O)O)cc(=O)[nH]c21. The summed E-state index contributed by atoms with van der Waals surface area (Å²) in [4.78, 5) is 25.0. The zero-order valence-electron chi connectivity index (χ0n) is 8.76. The van der Waals surface area contributed by atoms with Gasteiger partial charge in [-0.05, 0) is 18.4 Å². The van der Waals surface area contributed by atoms with E-state index in [-0.39, 0.29) is 16.5 Å². The fourth-order valence-electron chi connectivity index (χ4n) is 2.18. The Kier molecular flexibility index (Phi) is 1.96. The molecule has 0 bridgehead atoms. The van der Waals surface area contributed by atoms with Crippen LogP contribution in [0.15, 0.2) is 10.9 Å². The summed E-state index contributed by atoms with van der Waals surface area (Å²) in [5.74, 6) is -1.02. The van der Waals surface area contributed by atoms with Crippen LogP contribution in [0.5, 0.6) is 0 Å². The third kappa shape index (κ3) is 1.46. The minimum atomic E-state index is -1.02. The van der Waals surface area contributed by atoms with Gasteiger partial charge in [-0.15, -0.1) is 0 Å². The number of aromatic amines is 1. The Hall–Kier alpha value is -1.58. The normalized spacial score (nSPS) is 17.5. The molecule has 0 atom stereocenters. The van der Waals surface area contributed by atoms with Gasteiger partial charge < -0.3 is 10.1 Å². The van der Waals surface area contributed by atoms with Crippen molar-refractivity contribution < 1.29 is 9.90 Å². The van der Waals surface area contributed by atoms with E-state index in [9.17, 15) is 9.59 Å². The number of pyridine rings is 1. The molecule has 4 nitrogen and oxygen atoms in total. The number of rotatable bonds is 1. The predicted molar refractivity (Wildman–Crippen MR) is 55.4 cm³/mol. The Labute approximate surface area is 87.0 Å². The first-order chi connectivity index (χ1) is 6.92. The highest BCUT2D eigenvalue weighted by molar-refractivity contribution is 5.89. The molecule has 0 aliphatic heterocycles. The molecule has 2 N–H and O–H groups in total. The average molecular weight is 207 g/mol. The molecule has 0 amide bonds. The van der Waals surface area contributed by atoms with Gasteiger partial charge in [0.2, 0.25) is 5.56 Å². The Morgan fingerprint density at radius 3 is 2.80 bits per heavy atom. The maximum Gasteiger partial charge on any atom is 0.336 e. The van der Waals surface area contributed by atoms with E-state index in [2.05, 4.69) is 4.98 Å². The largest absolute Gasteiger partial charge is 0.478 e. The van der Waals surface area contributed by atoms with Crippen LogP contribution in [0, 0.1) is 0 Å². The molecule has 1 heterocycles. The standard InChI is InChI=1S/C11H13NO3/c1-11(2)4-3-6-7(10(14)15)5-8(13)12-9(6)11/h5H,3-4H2,1-2H3,(H,12,13)(H,14,15). The van der Waals surface area contributed by atoms with Gasteiger partial charge >= 0.3 is 5.97 Å². The first-order valence-electron chi connectivity index (χ1n) is 4.92. The van der Waals surface area contributed by atoms with Crippen molar-refractivity contribution in [2.45, 2.75) is 32.1 Å². The Bertz CT molecular complexity index is 485. The zero-order chi connectivity index (χ0) is 11.2. The van der Waals surface area contributed by atoms with Gasteiger partial charge in [0.15, 0.2) is 0 Å². The second-order valence-corrected chi connectivity index (χ2v) is 4.59. The van der Waals surface area contributed by atoms with Crippen molar-refractivity contribution in [3.63, 3.8) is 0 Å². The second kappa shape index (κ2) is 2.95. The number of H-pyrrole nitrogens is 1. The number of aromatic nitrogens is 1. The average Bonchev–Trinajstić information content (AvgIpc) is 2.41. The molecule has 1 aromatic heterocycles. The molecule has 1 aromatic rings. The number of hydrogen-bond donors (Lipinski definition) is 2. The lowest BCUT2D eigenvalue weighted by Crippen LogP contribution is -2.21. The number of fused-ring (bicyclic) bond motifs is 1. The topological polar surface area (TPSA) is 70.2 Å². The summed E-state index contributed by atoms with van der Waals surface area (Å²) in [5.41, 5.74) is 1.26. The Balaban J connectivity index is 2.74. The van der Waals surface area contributed by atoms with Crippen LogP contribution in [0.4, 0.5) is 0 Å². The highest BCUT2D eigenvalue weighted by Gasteiger charge is 2.33. The van der Waals surface area contributed by atoms with Crippen molar-refractivity contribution in [1.29, 1.82) is 0 Å². The van der Waals surface area contributed by atoms with Crippen molar-refractivity contribution in [3.8, 4) is 0 Å². The molecule has 0 unspecified atom stereocenters. The quantitative estimate of drug-likeness (QED) is 0.729. The molecule has 0 radical (unpaired) electrons. The van der Waals surface area contributed by atoms with Crippen LogP contribution in [-0.2, 0) is 11.8 Å². The van der Waals surface area contributed by atoms with E-state index in [1.807, 2.05) is 13.8 Å². The van der Waals surface area contributed by atoms with Crippen LogP contribution in [0.25, 0.3) is 0 Å². The van der Waals surface area contributed by atoms with Crippen LogP contribution in [0.3, 0.4) is 0 Å². The van der Waals surface area contributed by atoms with E-state index in [4.69, 9.17) is 5.11 Å². The van der Waals surface area contributed by atoms with E-state index in [1.165, 1.54) is 6.07 Å². The maximum atomic E-state index is 11.3. The molecule has 4 heteroatoms. The minimum Gasteiger partial charge on any atom is -0.478 e. The summed E-state index contributed by atoms with van der Waals surface area (Å²) >= 11 is 0. The van der Waals surface area contributed by atoms with E-state index >= 15 is 0 Å². The number of hydrogen-bond acceptors (Lipinski definition) is 2. The lowest BCUT2D eigenvalue weighted by atomic mass is 9.90. The van der Waals surface area contributed by atoms with Crippen molar-refractivity contribution >= 4 is 5.97 Å². The summed E-state index contributed by atoms with van der Waals surface area (Å²) in [7, 11) is 0. The Morgan fingerprint density at radius 2 is 2.20 bits per heavy atom.